The van der Waals surface area contributed by atoms with Crippen LogP contribution in [0.1, 0.15) is 15.9 Å². The maximum Gasteiger partial charge on any atom is 0.194 e. The molecule has 17 heavy (non-hydrogen) atoms. The van der Waals surface area contributed by atoms with Crippen LogP contribution in [0.5, 0.6) is 0 Å². The second kappa shape index (κ2) is 4.98. The lowest BCUT2D eigenvalue weighted by Crippen LogP contribution is -2.02. The quantitative estimate of drug-likeness (QED) is 0.748. The number of hydrogen-bond acceptors (Lipinski definition) is 1. The average molecular weight is 314 g/mol. The average Bonchev–Trinajstić information content (AvgIpc) is 2.32. The standard InChI is InChI=1S/C13H7BrClFO/c14-9-3-1-8(2-4-9)13(17)11-7-10(16)5-6-12(11)15/h1-7H. The molecule has 4 heteroatoms. The summed E-state index contributed by atoms with van der Waals surface area (Å²) in [5, 5.41) is 0.249. The van der Waals surface area contributed by atoms with E-state index >= 15 is 0 Å². The van der Waals surface area contributed by atoms with Crippen LogP contribution in [-0.2, 0) is 0 Å². The van der Waals surface area contributed by atoms with Gasteiger partial charge in [-0.05, 0) is 42.5 Å². The Kier molecular flexibility index (Phi) is 3.60. The molecule has 0 spiro atoms. The second-order valence-corrected chi connectivity index (χ2v) is 4.78. The molecule has 2 aromatic rings. The minimum atomic E-state index is -0.477. The van der Waals surface area contributed by atoms with Gasteiger partial charge < -0.3 is 0 Å². The monoisotopic (exact) mass is 312 g/mol. The predicted octanol–water partition coefficient (Wildman–Crippen LogP) is 4.47. The maximum atomic E-state index is 13.1. The number of hydrogen-bond donors (Lipinski definition) is 0. The third-order valence-electron chi connectivity index (χ3n) is 2.28. The van der Waals surface area contributed by atoms with Crippen LogP contribution in [0, 0.1) is 5.82 Å². The van der Waals surface area contributed by atoms with Crippen LogP contribution in [0.25, 0.3) is 0 Å². The van der Waals surface area contributed by atoms with E-state index in [1.807, 2.05) is 0 Å². The van der Waals surface area contributed by atoms with Crippen molar-refractivity contribution in [2.75, 3.05) is 0 Å². The highest BCUT2D eigenvalue weighted by Crippen LogP contribution is 2.21. The first kappa shape index (κ1) is 12.3. The topological polar surface area (TPSA) is 17.1 Å². The Morgan fingerprint density at radius 1 is 1.12 bits per heavy atom. The molecular formula is C13H7BrClFO. The summed E-state index contributed by atoms with van der Waals surface area (Å²) in [6.45, 7) is 0. The molecule has 0 fully saturated rings. The molecule has 0 N–H and O–H groups in total. The first-order valence-electron chi connectivity index (χ1n) is 4.83. The van der Waals surface area contributed by atoms with Gasteiger partial charge in [0.05, 0.1) is 5.02 Å². The van der Waals surface area contributed by atoms with Gasteiger partial charge >= 0.3 is 0 Å². The van der Waals surface area contributed by atoms with E-state index in [-0.39, 0.29) is 16.4 Å². The van der Waals surface area contributed by atoms with Crippen LogP contribution in [0.4, 0.5) is 4.39 Å². The van der Waals surface area contributed by atoms with Crippen LogP contribution in [-0.4, -0.2) is 5.78 Å². The molecule has 0 amide bonds. The van der Waals surface area contributed by atoms with Gasteiger partial charge in [-0.1, -0.05) is 27.5 Å². The van der Waals surface area contributed by atoms with Crippen molar-refractivity contribution >= 4 is 33.3 Å². The number of halogens is 3. The molecule has 0 radical (unpaired) electrons. The van der Waals surface area contributed by atoms with E-state index in [1.165, 1.54) is 12.1 Å². The molecule has 0 saturated heterocycles. The summed E-state index contributed by atoms with van der Waals surface area (Å²) < 4.78 is 13.9. The fourth-order valence-corrected chi connectivity index (χ4v) is 1.90. The van der Waals surface area contributed by atoms with E-state index in [0.717, 1.165) is 10.5 Å². The van der Waals surface area contributed by atoms with E-state index in [1.54, 1.807) is 24.3 Å². The number of benzene rings is 2. The lowest BCUT2D eigenvalue weighted by molar-refractivity contribution is 0.103. The smallest absolute Gasteiger partial charge is 0.194 e. The van der Waals surface area contributed by atoms with Gasteiger partial charge in [-0.2, -0.15) is 0 Å². The Morgan fingerprint density at radius 2 is 1.76 bits per heavy atom. The fourth-order valence-electron chi connectivity index (χ4n) is 1.43. The first-order chi connectivity index (χ1) is 8.08. The minimum absolute atomic E-state index is 0.175. The Morgan fingerprint density at radius 3 is 2.41 bits per heavy atom. The zero-order valence-electron chi connectivity index (χ0n) is 8.58. The molecule has 86 valence electrons. The van der Waals surface area contributed by atoms with E-state index in [0.29, 0.717) is 5.56 Å². The first-order valence-corrected chi connectivity index (χ1v) is 6.00. The molecule has 2 aromatic carbocycles. The van der Waals surface area contributed by atoms with Gasteiger partial charge in [0.25, 0.3) is 0 Å². The maximum absolute atomic E-state index is 13.1. The van der Waals surface area contributed by atoms with Crippen molar-refractivity contribution in [1.29, 1.82) is 0 Å². The number of carbonyl (C=O) groups excluding carboxylic acids is 1. The third kappa shape index (κ3) is 2.73. The highest BCUT2D eigenvalue weighted by atomic mass is 79.9. The molecule has 0 heterocycles. The molecule has 0 atom stereocenters. The predicted molar refractivity (Wildman–Crippen MR) is 69.0 cm³/mol. The van der Waals surface area contributed by atoms with E-state index < -0.39 is 5.82 Å². The van der Waals surface area contributed by atoms with Crippen molar-refractivity contribution in [3.63, 3.8) is 0 Å². The van der Waals surface area contributed by atoms with Gasteiger partial charge in [-0.25, -0.2) is 4.39 Å². The number of rotatable bonds is 2. The SMILES string of the molecule is O=C(c1ccc(Br)cc1)c1cc(F)ccc1Cl. The van der Waals surface area contributed by atoms with Gasteiger partial charge in [0.2, 0.25) is 0 Å². The zero-order chi connectivity index (χ0) is 12.4. The van der Waals surface area contributed by atoms with Crippen molar-refractivity contribution in [2.45, 2.75) is 0 Å². The molecule has 0 aromatic heterocycles. The summed E-state index contributed by atoms with van der Waals surface area (Å²) in [5.41, 5.74) is 0.648. The molecule has 0 aliphatic heterocycles. The Hall–Kier alpha value is -1.19. The molecule has 1 nitrogen and oxygen atoms in total. The van der Waals surface area contributed by atoms with Crippen LogP contribution in [0.2, 0.25) is 5.02 Å². The highest BCUT2D eigenvalue weighted by molar-refractivity contribution is 9.10. The van der Waals surface area contributed by atoms with E-state index in [2.05, 4.69) is 15.9 Å². The van der Waals surface area contributed by atoms with Crippen molar-refractivity contribution in [3.8, 4) is 0 Å². The van der Waals surface area contributed by atoms with Gasteiger partial charge in [0, 0.05) is 15.6 Å². The molecule has 0 aliphatic carbocycles. The molecule has 2 rings (SSSR count). The Balaban J connectivity index is 2.43. The van der Waals surface area contributed by atoms with Gasteiger partial charge in [-0.15, -0.1) is 0 Å². The minimum Gasteiger partial charge on any atom is -0.289 e. The largest absolute Gasteiger partial charge is 0.289 e. The van der Waals surface area contributed by atoms with Gasteiger partial charge in [-0.3, -0.25) is 4.79 Å². The molecule has 0 aliphatic rings. The summed E-state index contributed by atoms with van der Waals surface area (Å²) >= 11 is 9.16. The lowest BCUT2D eigenvalue weighted by Gasteiger charge is -2.04. The summed E-state index contributed by atoms with van der Waals surface area (Å²) in [7, 11) is 0. The zero-order valence-corrected chi connectivity index (χ0v) is 10.9. The number of ketones is 1. The summed E-state index contributed by atoms with van der Waals surface area (Å²) in [6, 6.07) is 10.6. The highest BCUT2D eigenvalue weighted by Gasteiger charge is 2.13. The summed E-state index contributed by atoms with van der Waals surface area (Å²) in [5.74, 6) is -0.767. The summed E-state index contributed by atoms with van der Waals surface area (Å²) in [4.78, 5) is 12.1. The van der Waals surface area contributed by atoms with Crippen molar-refractivity contribution in [2.24, 2.45) is 0 Å². The molecule has 0 saturated carbocycles. The Labute approximate surface area is 111 Å². The van der Waals surface area contributed by atoms with Crippen LogP contribution < -0.4 is 0 Å². The molecular weight excluding hydrogens is 306 g/mol. The van der Waals surface area contributed by atoms with Gasteiger partial charge in [0.1, 0.15) is 5.82 Å². The third-order valence-corrected chi connectivity index (χ3v) is 3.14. The van der Waals surface area contributed by atoms with Crippen molar-refractivity contribution < 1.29 is 9.18 Å². The summed E-state index contributed by atoms with van der Waals surface area (Å²) in [6.07, 6.45) is 0. The normalized spacial score (nSPS) is 10.3. The lowest BCUT2D eigenvalue weighted by atomic mass is 10.0. The van der Waals surface area contributed by atoms with Crippen LogP contribution in [0.3, 0.4) is 0 Å². The van der Waals surface area contributed by atoms with Crippen LogP contribution in [0.15, 0.2) is 46.9 Å². The van der Waals surface area contributed by atoms with Gasteiger partial charge in [0.15, 0.2) is 5.78 Å². The molecule has 0 bridgehead atoms. The van der Waals surface area contributed by atoms with Crippen molar-refractivity contribution in [3.05, 3.63) is 68.9 Å². The van der Waals surface area contributed by atoms with Crippen LogP contribution >= 0.6 is 27.5 Å². The fraction of sp³-hybridized carbons (Fsp3) is 0. The molecule has 0 unspecified atom stereocenters. The van der Waals surface area contributed by atoms with E-state index in [9.17, 15) is 9.18 Å². The van der Waals surface area contributed by atoms with Crippen molar-refractivity contribution in [1.82, 2.24) is 0 Å². The van der Waals surface area contributed by atoms with E-state index in [4.69, 9.17) is 11.6 Å². The Bertz CT molecular complexity index is 566. The number of carbonyl (C=O) groups is 1. The second-order valence-electron chi connectivity index (χ2n) is 3.46.